The third-order valence-electron chi connectivity index (χ3n) is 4.01. The second-order valence-corrected chi connectivity index (χ2v) is 7.96. The number of ether oxygens (including phenoxy) is 2. The molecule has 0 bridgehead atoms. The third-order valence-corrected chi connectivity index (χ3v) is 4.57. The van der Waals surface area contributed by atoms with Gasteiger partial charge in [-0.1, -0.05) is 11.8 Å². The highest BCUT2D eigenvalue weighted by Crippen LogP contribution is 2.26. The van der Waals surface area contributed by atoms with Gasteiger partial charge in [-0.25, -0.2) is 19.7 Å². The van der Waals surface area contributed by atoms with Crippen LogP contribution in [0.4, 0.5) is 4.79 Å². The largest absolute Gasteiger partial charge is 0.474 e. The van der Waals surface area contributed by atoms with Crippen molar-refractivity contribution in [3.63, 3.8) is 0 Å². The summed E-state index contributed by atoms with van der Waals surface area (Å²) in [5, 5.41) is 1.53. The van der Waals surface area contributed by atoms with Crippen LogP contribution < -0.4 is 4.74 Å². The van der Waals surface area contributed by atoms with E-state index in [2.05, 4.69) is 15.0 Å². The Labute approximate surface area is 157 Å². The summed E-state index contributed by atoms with van der Waals surface area (Å²) in [5.41, 5.74) is 0.341. The van der Waals surface area contributed by atoms with Crippen LogP contribution in [0.25, 0.3) is 10.9 Å². The van der Waals surface area contributed by atoms with Gasteiger partial charge in [-0.2, -0.15) is 0 Å². The van der Waals surface area contributed by atoms with Crippen LogP contribution in [0.2, 0.25) is 0 Å². The number of hydrogen-bond acceptors (Lipinski definition) is 7. The van der Waals surface area contributed by atoms with Gasteiger partial charge in [-0.3, -0.25) is 0 Å². The fourth-order valence-corrected chi connectivity index (χ4v) is 3.10. The molecule has 26 heavy (non-hydrogen) atoms. The molecule has 1 amide bonds. The molecule has 0 aliphatic carbocycles. The van der Waals surface area contributed by atoms with Crippen molar-refractivity contribution in [1.29, 1.82) is 0 Å². The van der Waals surface area contributed by atoms with Gasteiger partial charge in [0.1, 0.15) is 11.7 Å². The minimum absolute atomic E-state index is 0.00649. The van der Waals surface area contributed by atoms with Gasteiger partial charge < -0.3 is 14.4 Å². The van der Waals surface area contributed by atoms with Crippen molar-refractivity contribution in [3.8, 4) is 5.88 Å². The summed E-state index contributed by atoms with van der Waals surface area (Å²) >= 11 is 1.50. The fourth-order valence-electron chi connectivity index (χ4n) is 2.75. The summed E-state index contributed by atoms with van der Waals surface area (Å²) in [6, 6.07) is 1.86. The Morgan fingerprint density at radius 2 is 2.00 bits per heavy atom. The number of aromatic nitrogens is 3. The summed E-state index contributed by atoms with van der Waals surface area (Å²) in [4.78, 5) is 27.0. The van der Waals surface area contributed by atoms with Gasteiger partial charge in [0.25, 0.3) is 0 Å². The number of rotatable bonds is 3. The summed E-state index contributed by atoms with van der Waals surface area (Å²) in [7, 11) is 0. The molecule has 7 nitrogen and oxygen atoms in total. The minimum Gasteiger partial charge on any atom is -0.474 e. The highest BCUT2D eigenvalue weighted by Gasteiger charge is 2.28. The molecule has 2 aromatic heterocycles. The highest BCUT2D eigenvalue weighted by atomic mass is 32.2. The normalized spacial score (nSPS) is 15.9. The lowest BCUT2D eigenvalue weighted by Gasteiger charge is -2.33. The molecule has 1 fully saturated rings. The topological polar surface area (TPSA) is 77.4 Å². The van der Waals surface area contributed by atoms with Crippen molar-refractivity contribution in [2.24, 2.45) is 0 Å². The molecule has 1 aliphatic heterocycles. The highest BCUT2D eigenvalue weighted by molar-refractivity contribution is 7.98. The number of carbonyl (C=O) groups excluding carboxylic acids is 1. The monoisotopic (exact) mass is 376 g/mol. The first-order valence-corrected chi connectivity index (χ1v) is 9.88. The molecule has 1 saturated heterocycles. The number of carbonyl (C=O) groups is 1. The van der Waals surface area contributed by atoms with Crippen LogP contribution in [0.15, 0.2) is 23.6 Å². The molecular formula is C18H24N4O3S. The van der Waals surface area contributed by atoms with Gasteiger partial charge in [0.2, 0.25) is 5.88 Å². The molecule has 0 N–H and O–H groups in total. The molecule has 1 aliphatic rings. The van der Waals surface area contributed by atoms with E-state index in [1.165, 1.54) is 11.8 Å². The summed E-state index contributed by atoms with van der Waals surface area (Å²) in [6.07, 6.45) is 6.61. The maximum Gasteiger partial charge on any atom is 0.410 e. The van der Waals surface area contributed by atoms with Crippen LogP contribution in [0.5, 0.6) is 5.88 Å². The Hall–Kier alpha value is -2.09. The molecule has 8 heteroatoms. The first-order chi connectivity index (χ1) is 12.4. The summed E-state index contributed by atoms with van der Waals surface area (Å²) in [5.74, 6) is 0.547. The predicted molar refractivity (Wildman–Crippen MR) is 101 cm³/mol. The van der Waals surface area contributed by atoms with E-state index in [-0.39, 0.29) is 12.2 Å². The third kappa shape index (κ3) is 4.55. The molecule has 3 heterocycles. The Balaban J connectivity index is 1.63. The summed E-state index contributed by atoms with van der Waals surface area (Å²) < 4.78 is 11.5. The molecule has 0 aromatic carbocycles. The first-order valence-electron chi connectivity index (χ1n) is 8.66. The lowest BCUT2D eigenvalue weighted by atomic mass is 10.1. The van der Waals surface area contributed by atoms with E-state index in [1.807, 2.05) is 33.1 Å². The van der Waals surface area contributed by atoms with Crippen molar-refractivity contribution in [1.82, 2.24) is 19.9 Å². The van der Waals surface area contributed by atoms with Crippen LogP contribution in [-0.4, -0.2) is 57.0 Å². The number of hydrogen-bond donors (Lipinski definition) is 0. The zero-order valence-electron chi connectivity index (χ0n) is 15.6. The number of pyridine rings is 1. The quantitative estimate of drug-likeness (QED) is 0.599. The molecule has 140 valence electrons. The van der Waals surface area contributed by atoms with Gasteiger partial charge in [-0.15, -0.1) is 0 Å². The molecule has 3 rings (SSSR count). The van der Waals surface area contributed by atoms with E-state index in [1.54, 1.807) is 17.3 Å². The first kappa shape index (κ1) is 18.7. The van der Waals surface area contributed by atoms with Crippen LogP contribution in [0.3, 0.4) is 0 Å². The molecular weight excluding hydrogens is 352 g/mol. The lowest BCUT2D eigenvalue weighted by molar-refractivity contribution is 0.0124. The van der Waals surface area contributed by atoms with Crippen LogP contribution >= 0.6 is 11.8 Å². The minimum atomic E-state index is -0.479. The zero-order valence-corrected chi connectivity index (χ0v) is 16.4. The predicted octanol–water partition coefficient (Wildman–Crippen LogP) is 3.53. The SMILES string of the molecule is CSc1ncc2c(OC3CCN(C(=O)OC(C)(C)C)CC3)nccc2n1. The lowest BCUT2D eigenvalue weighted by Crippen LogP contribution is -2.44. The Kier molecular flexibility index (Phi) is 5.50. The standard InChI is InChI=1S/C18H24N4O3S/c1-18(2,3)25-17(23)22-9-6-12(7-10-22)24-15-13-11-20-16(26-4)21-14(13)5-8-19-15/h5,8,11-12H,6-7,9-10H2,1-4H3. The summed E-state index contributed by atoms with van der Waals surface area (Å²) in [6.45, 7) is 6.83. The Morgan fingerprint density at radius 3 is 2.65 bits per heavy atom. The van der Waals surface area contributed by atoms with Gasteiger partial charge in [0.15, 0.2) is 5.16 Å². The Bertz CT molecular complexity index is 786. The van der Waals surface area contributed by atoms with E-state index in [9.17, 15) is 4.79 Å². The van der Waals surface area contributed by atoms with Crippen LogP contribution in [-0.2, 0) is 4.74 Å². The van der Waals surface area contributed by atoms with Crippen molar-refractivity contribution < 1.29 is 14.3 Å². The van der Waals surface area contributed by atoms with Gasteiger partial charge >= 0.3 is 6.09 Å². The van der Waals surface area contributed by atoms with Gasteiger partial charge in [0, 0.05) is 38.3 Å². The second-order valence-electron chi connectivity index (χ2n) is 7.19. The van der Waals surface area contributed by atoms with Crippen molar-refractivity contribution in [2.45, 2.75) is 50.5 Å². The van der Waals surface area contributed by atoms with Gasteiger partial charge in [0.05, 0.1) is 10.9 Å². The van der Waals surface area contributed by atoms with Crippen LogP contribution in [0, 0.1) is 0 Å². The van der Waals surface area contributed by atoms with E-state index >= 15 is 0 Å². The van der Waals surface area contributed by atoms with E-state index in [0.29, 0.717) is 19.0 Å². The Morgan fingerprint density at radius 1 is 1.27 bits per heavy atom. The van der Waals surface area contributed by atoms with Crippen molar-refractivity contribution >= 4 is 28.8 Å². The van der Waals surface area contributed by atoms with E-state index < -0.39 is 5.60 Å². The number of nitrogens with zero attached hydrogens (tertiary/aromatic N) is 4. The molecule has 0 atom stereocenters. The van der Waals surface area contributed by atoms with E-state index in [4.69, 9.17) is 9.47 Å². The second kappa shape index (κ2) is 7.65. The molecule has 0 spiro atoms. The van der Waals surface area contributed by atoms with Crippen LogP contribution in [0.1, 0.15) is 33.6 Å². The average Bonchev–Trinajstić information content (AvgIpc) is 2.60. The van der Waals surface area contributed by atoms with Crippen molar-refractivity contribution in [2.75, 3.05) is 19.3 Å². The zero-order chi connectivity index (χ0) is 18.7. The fraction of sp³-hybridized carbons (Fsp3) is 0.556. The molecule has 0 saturated carbocycles. The average molecular weight is 376 g/mol. The maximum atomic E-state index is 12.1. The maximum absolute atomic E-state index is 12.1. The van der Waals surface area contributed by atoms with Gasteiger partial charge in [-0.05, 0) is 33.1 Å². The molecule has 2 aromatic rings. The van der Waals surface area contributed by atoms with E-state index in [0.717, 1.165) is 28.9 Å². The number of piperidine rings is 1. The number of likely N-dealkylation sites (tertiary alicyclic amines) is 1. The number of thioether (sulfide) groups is 1. The molecule has 0 unspecified atom stereocenters. The number of amides is 1. The number of fused-ring (bicyclic) bond motifs is 1. The van der Waals surface area contributed by atoms with Crippen molar-refractivity contribution in [3.05, 3.63) is 18.5 Å². The smallest absolute Gasteiger partial charge is 0.410 e. The molecule has 0 radical (unpaired) electrons.